The van der Waals surface area contributed by atoms with Crippen molar-refractivity contribution in [2.75, 3.05) is 21.3 Å². The molecule has 0 amide bonds. The van der Waals surface area contributed by atoms with Gasteiger partial charge in [-0.1, -0.05) is 6.07 Å². The lowest BCUT2D eigenvalue weighted by Gasteiger charge is -2.12. The van der Waals surface area contributed by atoms with Gasteiger partial charge < -0.3 is 24.4 Å². The van der Waals surface area contributed by atoms with Crippen molar-refractivity contribution in [3.63, 3.8) is 0 Å². The van der Waals surface area contributed by atoms with Gasteiger partial charge in [-0.2, -0.15) is 0 Å². The maximum atomic E-state index is 10.8. The number of hydrogen-bond acceptors (Lipinski definition) is 6. The highest BCUT2D eigenvalue weighted by Crippen LogP contribution is 2.38. The average Bonchev–Trinajstić information content (AvgIpc) is 2.61. The van der Waals surface area contributed by atoms with Crippen LogP contribution in [0.4, 0.5) is 0 Å². The highest BCUT2D eigenvalue weighted by Gasteiger charge is 2.15. The summed E-state index contributed by atoms with van der Waals surface area (Å²) in [7, 11) is 4.33. The van der Waals surface area contributed by atoms with Gasteiger partial charge in [0.05, 0.1) is 33.5 Å². The predicted octanol–water partition coefficient (Wildman–Crippen LogP) is 2.41. The first-order valence-electron chi connectivity index (χ1n) is 6.60. The number of pyridine rings is 1. The Balaban J connectivity index is 0.000000498. The molecular weight excluding hydrogens is 338 g/mol. The molecule has 0 saturated carbocycles. The lowest BCUT2D eigenvalue weighted by molar-refractivity contribution is 0.0696. The highest BCUT2D eigenvalue weighted by molar-refractivity contribution is 5.89. The van der Waals surface area contributed by atoms with Crippen molar-refractivity contribution < 1.29 is 29.2 Å². The fourth-order valence-electron chi connectivity index (χ4n) is 1.70. The zero-order valence-electron chi connectivity index (χ0n) is 13.6. The van der Waals surface area contributed by atoms with Crippen molar-refractivity contribution in [2.24, 2.45) is 0 Å². The number of rotatable bonds is 5. The summed E-state index contributed by atoms with van der Waals surface area (Å²) in [5.41, 5.74) is 0.942. The summed E-state index contributed by atoms with van der Waals surface area (Å²) in [5, 5.41) is 17.3. The van der Waals surface area contributed by atoms with Crippen LogP contribution in [0.3, 0.4) is 0 Å². The van der Waals surface area contributed by atoms with Crippen LogP contribution >= 0.6 is 12.4 Å². The van der Waals surface area contributed by atoms with Gasteiger partial charge in [0.15, 0.2) is 11.5 Å². The Labute approximate surface area is 146 Å². The van der Waals surface area contributed by atoms with Crippen molar-refractivity contribution in [2.45, 2.75) is 6.61 Å². The first-order chi connectivity index (χ1) is 11.1. The van der Waals surface area contributed by atoms with Crippen LogP contribution < -0.4 is 14.2 Å². The molecule has 1 aromatic heterocycles. The van der Waals surface area contributed by atoms with Gasteiger partial charge >= 0.3 is 5.97 Å². The van der Waals surface area contributed by atoms with Crippen LogP contribution in [0.15, 0.2) is 36.7 Å². The average molecular weight is 358 g/mol. The van der Waals surface area contributed by atoms with Gasteiger partial charge in [0, 0.05) is 12.4 Å². The van der Waals surface area contributed by atoms with E-state index >= 15 is 0 Å². The molecule has 0 unspecified atom stereocenters. The number of carboxylic acid groups (broad SMARTS) is 1. The minimum Gasteiger partial charge on any atom is -0.493 e. The number of ether oxygens (including phenoxy) is 3. The molecular formula is C16H20ClNO6. The zero-order chi connectivity index (χ0) is 17.2. The monoisotopic (exact) mass is 357 g/mol. The molecule has 2 rings (SSSR count). The number of nitrogens with zero attached hydrogens (tertiary/aromatic N) is 1. The van der Waals surface area contributed by atoms with Crippen LogP contribution in [-0.4, -0.2) is 42.5 Å². The number of aliphatic hydroxyl groups excluding tert-OH is 1. The molecule has 0 aliphatic rings. The summed E-state index contributed by atoms with van der Waals surface area (Å²) in [6.45, 7) is 0.0772. The second-order valence-corrected chi connectivity index (χ2v) is 4.24. The van der Waals surface area contributed by atoms with Crippen molar-refractivity contribution in [1.29, 1.82) is 0 Å². The van der Waals surface area contributed by atoms with E-state index < -0.39 is 5.97 Å². The van der Waals surface area contributed by atoms with E-state index in [1.54, 1.807) is 18.5 Å². The lowest BCUT2D eigenvalue weighted by atomic mass is 10.2. The third kappa shape index (κ3) is 5.94. The Bertz CT molecular complexity index is 611. The van der Waals surface area contributed by atoms with Crippen LogP contribution in [0.5, 0.6) is 17.2 Å². The molecule has 0 fully saturated rings. The molecule has 132 valence electrons. The molecule has 7 nitrogen and oxygen atoms in total. The SMILES string of the molecule is COc1cc(C(=O)O)cc(OC)c1OC.Cl.OCc1cccnc1. The number of aromatic carboxylic acids is 1. The number of benzene rings is 1. The number of carboxylic acids is 1. The number of methoxy groups -OCH3 is 3. The highest BCUT2D eigenvalue weighted by atomic mass is 35.5. The molecule has 0 saturated heterocycles. The van der Waals surface area contributed by atoms with Gasteiger partial charge in [-0.05, 0) is 23.8 Å². The van der Waals surface area contributed by atoms with Crippen LogP contribution in [-0.2, 0) is 6.61 Å². The molecule has 8 heteroatoms. The number of aromatic nitrogens is 1. The molecule has 0 aliphatic heterocycles. The minimum atomic E-state index is -1.05. The largest absolute Gasteiger partial charge is 0.493 e. The molecule has 0 aliphatic carbocycles. The van der Waals surface area contributed by atoms with Crippen molar-refractivity contribution >= 4 is 18.4 Å². The smallest absolute Gasteiger partial charge is 0.335 e. The number of halogens is 1. The zero-order valence-corrected chi connectivity index (χ0v) is 14.4. The van der Waals surface area contributed by atoms with Crippen molar-refractivity contribution in [1.82, 2.24) is 4.98 Å². The molecule has 2 N–H and O–H groups in total. The Kier molecular flexibility index (Phi) is 9.93. The van der Waals surface area contributed by atoms with Crippen molar-refractivity contribution in [3.8, 4) is 17.2 Å². The summed E-state index contributed by atoms with van der Waals surface area (Å²) in [6.07, 6.45) is 3.32. The van der Waals surface area contributed by atoms with E-state index in [1.165, 1.54) is 33.5 Å². The summed E-state index contributed by atoms with van der Waals surface area (Å²) in [6, 6.07) is 6.38. The second-order valence-electron chi connectivity index (χ2n) is 4.24. The first-order valence-corrected chi connectivity index (χ1v) is 6.60. The molecule has 0 atom stereocenters. The van der Waals surface area contributed by atoms with E-state index in [-0.39, 0.29) is 24.6 Å². The first kappa shape index (κ1) is 21.5. The molecule has 1 heterocycles. The Morgan fingerprint density at radius 3 is 2.00 bits per heavy atom. The van der Waals surface area contributed by atoms with Gasteiger partial charge in [0.2, 0.25) is 5.75 Å². The molecule has 0 bridgehead atoms. The van der Waals surface area contributed by atoms with Crippen LogP contribution in [0.2, 0.25) is 0 Å². The molecule has 0 spiro atoms. The quantitative estimate of drug-likeness (QED) is 0.847. The van der Waals surface area contributed by atoms with Gasteiger partial charge in [-0.15, -0.1) is 12.4 Å². The van der Waals surface area contributed by atoms with Crippen LogP contribution in [0, 0.1) is 0 Å². The fraction of sp³-hybridized carbons (Fsp3) is 0.250. The van der Waals surface area contributed by atoms with E-state index in [0.717, 1.165) is 5.56 Å². The maximum Gasteiger partial charge on any atom is 0.335 e. The van der Waals surface area contributed by atoms with Gasteiger partial charge in [-0.25, -0.2) is 4.79 Å². The normalized spacial score (nSPS) is 9.00. The van der Waals surface area contributed by atoms with E-state index in [2.05, 4.69) is 4.98 Å². The molecule has 0 radical (unpaired) electrons. The Morgan fingerprint density at radius 1 is 1.12 bits per heavy atom. The molecule has 1 aromatic carbocycles. The second kappa shape index (κ2) is 11.1. The third-order valence-electron chi connectivity index (χ3n) is 2.82. The Hall–Kier alpha value is -2.51. The van der Waals surface area contributed by atoms with E-state index in [0.29, 0.717) is 17.2 Å². The standard InChI is InChI=1S/C10H12O5.C6H7NO.ClH/c1-13-7-4-6(10(11)12)5-8(14-2)9(7)15-3;8-5-6-2-1-3-7-4-6;/h4-5H,1-3H3,(H,11,12);1-4,8H,5H2;1H. The summed E-state index contributed by atoms with van der Waals surface area (Å²) in [4.78, 5) is 14.6. The topological polar surface area (TPSA) is 98.1 Å². The van der Waals surface area contributed by atoms with Gasteiger partial charge in [-0.3, -0.25) is 4.98 Å². The van der Waals surface area contributed by atoms with Crippen molar-refractivity contribution in [3.05, 3.63) is 47.8 Å². The summed E-state index contributed by atoms with van der Waals surface area (Å²) in [5.74, 6) is -0.0113. The third-order valence-corrected chi connectivity index (χ3v) is 2.82. The Morgan fingerprint density at radius 2 is 1.71 bits per heavy atom. The van der Waals surface area contributed by atoms with Gasteiger partial charge in [0.25, 0.3) is 0 Å². The summed E-state index contributed by atoms with van der Waals surface area (Å²) < 4.78 is 15.1. The number of aliphatic hydroxyl groups is 1. The number of hydrogen-bond donors (Lipinski definition) is 2. The van der Waals surface area contributed by atoms with E-state index in [9.17, 15) is 4.79 Å². The van der Waals surface area contributed by atoms with Gasteiger partial charge in [0.1, 0.15) is 0 Å². The maximum absolute atomic E-state index is 10.8. The molecule has 24 heavy (non-hydrogen) atoms. The number of carbonyl (C=O) groups is 1. The van der Waals surface area contributed by atoms with Crippen LogP contribution in [0.25, 0.3) is 0 Å². The molecule has 2 aromatic rings. The van der Waals surface area contributed by atoms with E-state index in [4.69, 9.17) is 24.4 Å². The van der Waals surface area contributed by atoms with Crippen LogP contribution in [0.1, 0.15) is 15.9 Å². The fourth-order valence-corrected chi connectivity index (χ4v) is 1.70. The lowest BCUT2D eigenvalue weighted by Crippen LogP contribution is -2.01. The summed E-state index contributed by atoms with van der Waals surface area (Å²) >= 11 is 0. The minimum absolute atomic E-state index is 0. The predicted molar refractivity (Wildman–Crippen MR) is 90.5 cm³/mol. The van der Waals surface area contributed by atoms with E-state index in [1.807, 2.05) is 6.07 Å².